The molecule has 4 aliphatic rings. The number of ether oxygens (including phenoxy) is 3. The van der Waals surface area contributed by atoms with Crippen molar-refractivity contribution in [1.29, 1.82) is 0 Å². The molecule has 11 nitrogen and oxygen atoms in total. The van der Waals surface area contributed by atoms with Crippen LogP contribution in [-0.2, 0) is 28.7 Å². The summed E-state index contributed by atoms with van der Waals surface area (Å²) in [4.78, 5) is 58.9. The number of fused-ring (bicyclic) bond motifs is 2. The van der Waals surface area contributed by atoms with Gasteiger partial charge in [-0.25, -0.2) is 0 Å². The molecule has 2 aromatic carbocycles. The number of nitrogens with zero attached hydrogens (tertiary/aromatic N) is 2. The number of rotatable bonds is 5. The quantitative estimate of drug-likeness (QED) is 0.361. The second-order valence-corrected chi connectivity index (χ2v) is 12.8. The number of hydrogen-bond acceptors (Lipinski definition) is 8. The van der Waals surface area contributed by atoms with E-state index in [1.807, 2.05) is 12.1 Å². The topological polar surface area (TPSA) is 135 Å². The molecular weight excluding hydrogens is 658 g/mol. The lowest BCUT2D eigenvalue weighted by Crippen LogP contribution is -2.57. The number of esters is 1. The van der Waals surface area contributed by atoms with Crippen LogP contribution in [0.2, 0.25) is 0 Å². The SMILES string of the molecule is COc1ccc(N2C/C=C\CCC(=O)NC[C@H](C)OC(=O)[C@H]3[C@@H]4O[C@@]5(C=C4Br)[C@@H]3C(=O)N([C@H](CO)c3ccccc3)[C@@H]5C2=O)cc1. The molecular formula is C34H36BrN3O8. The highest BCUT2D eigenvalue weighted by molar-refractivity contribution is 9.11. The molecule has 0 aliphatic carbocycles. The zero-order chi connectivity index (χ0) is 32.6. The average Bonchev–Trinajstić information content (AvgIpc) is 3.65. The van der Waals surface area contributed by atoms with Crippen LogP contribution in [0.25, 0.3) is 0 Å². The van der Waals surface area contributed by atoms with E-state index in [2.05, 4.69) is 21.2 Å². The highest BCUT2D eigenvalue weighted by Crippen LogP contribution is 2.60. The minimum Gasteiger partial charge on any atom is -0.497 e. The second kappa shape index (κ2) is 13.0. The molecule has 6 rings (SSSR count). The Kier molecular flexibility index (Phi) is 9.04. The maximum Gasteiger partial charge on any atom is 0.313 e. The van der Waals surface area contributed by atoms with Gasteiger partial charge in [0.15, 0.2) is 0 Å². The molecule has 4 heterocycles. The van der Waals surface area contributed by atoms with Crippen molar-refractivity contribution in [2.45, 2.75) is 49.7 Å². The molecule has 2 fully saturated rings. The third kappa shape index (κ3) is 5.52. The molecule has 0 saturated carbocycles. The number of aliphatic hydroxyl groups is 1. The first-order chi connectivity index (χ1) is 22.2. The predicted molar refractivity (Wildman–Crippen MR) is 171 cm³/mol. The van der Waals surface area contributed by atoms with Crippen LogP contribution >= 0.6 is 15.9 Å². The third-order valence-corrected chi connectivity index (χ3v) is 9.79. The molecule has 0 unspecified atom stereocenters. The number of halogens is 1. The van der Waals surface area contributed by atoms with Gasteiger partial charge in [-0.1, -0.05) is 58.4 Å². The number of likely N-dealkylation sites (tertiary alicyclic amines) is 1. The number of anilines is 1. The minimum atomic E-state index is -1.52. The van der Waals surface area contributed by atoms with E-state index in [-0.39, 0.29) is 25.4 Å². The standard InChI is InChI=1S/C34H36BrN3O8/c1-20-18-36-26(40)11-7-4-8-16-37(22-12-14-23(44-2)15-13-22)32(42)30-34-17-24(35)29(46-34)27(33(43)45-20)28(34)31(41)38(30)25(19-39)21-9-5-3-6-10-21/h3-6,8-10,12-15,17,20,25,27-30,39H,7,11,16,18-19H2,1-2H3,(H,36,40)/b8-4-/t20-,25+,27+,28-,29+,30+,34-/m0/s1. The normalized spacial score (nSPS) is 31.2. The zero-order valence-electron chi connectivity index (χ0n) is 25.5. The summed E-state index contributed by atoms with van der Waals surface area (Å²) < 4.78 is 18.2. The maximum atomic E-state index is 15.1. The van der Waals surface area contributed by atoms with Crippen LogP contribution in [0.1, 0.15) is 31.4 Å². The van der Waals surface area contributed by atoms with E-state index in [9.17, 15) is 19.5 Å². The Balaban J connectivity index is 1.51. The molecule has 2 N–H and O–H groups in total. The van der Waals surface area contributed by atoms with Crippen molar-refractivity contribution in [3.8, 4) is 5.75 Å². The minimum absolute atomic E-state index is 0.104. The van der Waals surface area contributed by atoms with Crippen molar-refractivity contribution in [2.24, 2.45) is 11.8 Å². The Hall–Kier alpha value is -4.00. The van der Waals surface area contributed by atoms with Gasteiger partial charge in [0, 0.05) is 23.1 Å². The fourth-order valence-corrected chi connectivity index (χ4v) is 7.72. The van der Waals surface area contributed by atoms with Crippen LogP contribution in [0.3, 0.4) is 0 Å². The molecule has 12 heteroatoms. The van der Waals surface area contributed by atoms with Gasteiger partial charge in [-0.15, -0.1) is 0 Å². The van der Waals surface area contributed by atoms with Crippen LogP contribution in [0.15, 0.2) is 77.3 Å². The number of carbonyl (C=O) groups excluding carboxylic acids is 4. The van der Waals surface area contributed by atoms with Crippen LogP contribution in [-0.4, -0.2) is 84.4 Å². The molecule has 46 heavy (non-hydrogen) atoms. The number of benzene rings is 2. The fourth-order valence-electron chi connectivity index (χ4n) is 6.98. The summed E-state index contributed by atoms with van der Waals surface area (Å²) in [6.07, 6.45) is 4.48. The number of methoxy groups -OCH3 is 1. The lowest BCUT2D eigenvalue weighted by Gasteiger charge is -2.38. The summed E-state index contributed by atoms with van der Waals surface area (Å²) in [5, 5.41) is 13.6. The van der Waals surface area contributed by atoms with Crippen molar-refractivity contribution in [1.82, 2.24) is 10.2 Å². The maximum absolute atomic E-state index is 15.1. The van der Waals surface area contributed by atoms with Gasteiger partial charge in [0.05, 0.1) is 32.2 Å². The van der Waals surface area contributed by atoms with Gasteiger partial charge in [0.1, 0.15) is 35.5 Å². The Morgan fingerprint density at radius 3 is 2.50 bits per heavy atom. The van der Waals surface area contributed by atoms with Gasteiger partial charge < -0.3 is 34.4 Å². The highest BCUT2D eigenvalue weighted by atomic mass is 79.9. The number of amides is 3. The smallest absolute Gasteiger partial charge is 0.313 e. The van der Waals surface area contributed by atoms with Crippen LogP contribution in [0.4, 0.5) is 5.69 Å². The molecule has 0 aromatic heterocycles. The van der Waals surface area contributed by atoms with Gasteiger partial charge in [0.25, 0.3) is 5.91 Å². The molecule has 3 amide bonds. The number of hydrogen-bond donors (Lipinski definition) is 2. The first kappa shape index (κ1) is 32.0. The van der Waals surface area contributed by atoms with Crippen molar-refractivity contribution in [3.05, 3.63) is 82.9 Å². The van der Waals surface area contributed by atoms with Gasteiger partial charge in [0.2, 0.25) is 11.8 Å². The Morgan fingerprint density at radius 2 is 1.80 bits per heavy atom. The van der Waals surface area contributed by atoms with E-state index in [0.29, 0.717) is 27.9 Å². The van der Waals surface area contributed by atoms with Gasteiger partial charge in [-0.3, -0.25) is 19.2 Å². The molecule has 2 saturated heterocycles. The molecule has 242 valence electrons. The first-order valence-electron chi connectivity index (χ1n) is 15.3. The van der Waals surface area contributed by atoms with Crippen molar-refractivity contribution >= 4 is 45.3 Å². The van der Waals surface area contributed by atoms with E-state index in [0.717, 1.165) is 0 Å². The molecule has 7 atom stereocenters. The van der Waals surface area contributed by atoms with Gasteiger partial charge in [-0.2, -0.15) is 0 Å². The Labute approximate surface area is 275 Å². The Morgan fingerprint density at radius 1 is 1.07 bits per heavy atom. The van der Waals surface area contributed by atoms with Crippen LogP contribution in [0.5, 0.6) is 5.75 Å². The fraction of sp³-hybridized carbons (Fsp3) is 0.412. The van der Waals surface area contributed by atoms with Crippen molar-refractivity contribution in [3.63, 3.8) is 0 Å². The first-order valence-corrected chi connectivity index (χ1v) is 16.1. The molecule has 5 bridgehead atoms. The monoisotopic (exact) mass is 693 g/mol. The van der Waals surface area contributed by atoms with Crippen molar-refractivity contribution < 1.29 is 38.5 Å². The van der Waals surface area contributed by atoms with Crippen LogP contribution in [0, 0.1) is 11.8 Å². The average molecular weight is 695 g/mol. The highest BCUT2D eigenvalue weighted by Gasteiger charge is 2.75. The third-order valence-electron chi connectivity index (χ3n) is 9.11. The van der Waals surface area contributed by atoms with Crippen LogP contribution < -0.4 is 15.0 Å². The Bertz CT molecular complexity index is 1560. The van der Waals surface area contributed by atoms with E-state index < -0.39 is 66.1 Å². The lowest BCUT2D eigenvalue weighted by molar-refractivity contribution is -0.159. The molecule has 4 aliphatic heterocycles. The van der Waals surface area contributed by atoms with E-state index in [4.69, 9.17) is 14.2 Å². The number of aliphatic hydroxyl groups excluding tert-OH is 1. The largest absolute Gasteiger partial charge is 0.497 e. The number of carbonyl (C=O) groups is 4. The van der Waals surface area contributed by atoms with Gasteiger partial charge in [-0.05, 0) is 49.2 Å². The predicted octanol–water partition coefficient (Wildman–Crippen LogP) is 3.03. The van der Waals surface area contributed by atoms with Crippen molar-refractivity contribution in [2.75, 3.05) is 31.7 Å². The number of allylic oxidation sites excluding steroid dienone is 1. The second-order valence-electron chi connectivity index (χ2n) is 11.9. The number of cyclic esters (lactones) is 1. The molecule has 0 radical (unpaired) electrons. The zero-order valence-corrected chi connectivity index (χ0v) is 27.1. The van der Waals surface area contributed by atoms with E-state index >= 15 is 4.79 Å². The lowest BCUT2D eigenvalue weighted by atomic mass is 9.74. The molecule has 2 aromatic rings. The summed E-state index contributed by atoms with van der Waals surface area (Å²) in [7, 11) is 1.55. The summed E-state index contributed by atoms with van der Waals surface area (Å²) in [5.41, 5.74) is -0.353. The van der Waals surface area contributed by atoms with E-state index in [1.54, 1.807) is 79.6 Å². The summed E-state index contributed by atoms with van der Waals surface area (Å²) in [5.74, 6) is -3.37. The summed E-state index contributed by atoms with van der Waals surface area (Å²) in [6, 6.07) is 13.8. The van der Waals surface area contributed by atoms with E-state index in [1.165, 1.54) is 4.90 Å². The summed E-state index contributed by atoms with van der Waals surface area (Å²) >= 11 is 3.56. The molecule has 1 spiro atoms. The number of nitrogens with one attached hydrogen (secondary N) is 1. The van der Waals surface area contributed by atoms with Gasteiger partial charge >= 0.3 is 5.97 Å². The summed E-state index contributed by atoms with van der Waals surface area (Å²) in [6.45, 7) is 1.43.